The fraction of sp³-hybridized carbons (Fsp3) is 0.176. The lowest BCUT2D eigenvalue weighted by atomic mass is 10.1. The van der Waals surface area contributed by atoms with Gasteiger partial charge in [-0.2, -0.15) is 0 Å². The van der Waals surface area contributed by atoms with Crippen LogP contribution >= 0.6 is 27.5 Å². The van der Waals surface area contributed by atoms with Crippen LogP contribution < -0.4 is 10.1 Å². The van der Waals surface area contributed by atoms with E-state index in [-0.39, 0.29) is 18.6 Å². The van der Waals surface area contributed by atoms with Crippen LogP contribution in [0.2, 0.25) is 5.02 Å². The first-order valence-electron chi connectivity index (χ1n) is 6.92. The molecule has 0 heterocycles. The summed E-state index contributed by atoms with van der Waals surface area (Å²) in [7, 11) is 0. The van der Waals surface area contributed by atoms with E-state index < -0.39 is 0 Å². The van der Waals surface area contributed by atoms with Gasteiger partial charge >= 0.3 is 0 Å². The minimum Gasteiger partial charge on any atom is -0.483 e. The molecule has 0 saturated carbocycles. The Kier molecular flexibility index (Phi) is 6.19. The molecule has 0 spiro atoms. The maximum Gasteiger partial charge on any atom is 0.258 e. The summed E-state index contributed by atoms with van der Waals surface area (Å²) < 4.78 is 6.19. The first-order valence-corrected chi connectivity index (χ1v) is 8.09. The number of rotatable bonds is 6. The molecule has 0 aliphatic rings. The normalized spacial score (nSPS) is 11.6. The predicted molar refractivity (Wildman–Crippen MR) is 93.0 cm³/mol. The number of amides is 1. The van der Waals surface area contributed by atoms with Gasteiger partial charge in [-0.05, 0) is 42.8 Å². The third-order valence-corrected chi connectivity index (χ3v) is 3.95. The van der Waals surface area contributed by atoms with Gasteiger partial charge in [0.25, 0.3) is 5.91 Å². The smallest absolute Gasteiger partial charge is 0.258 e. The van der Waals surface area contributed by atoms with Gasteiger partial charge in [-0.1, -0.05) is 39.7 Å². The van der Waals surface area contributed by atoms with Crippen molar-refractivity contribution < 1.29 is 14.3 Å². The van der Waals surface area contributed by atoms with Crippen molar-refractivity contribution in [3.05, 3.63) is 63.1 Å². The SMILES string of the molecule is C[C@@H](NC(=O)COc1ccc(Br)cc1C=O)c1ccc(Cl)cc1. The van der Waals surface area contributed by atoms with Gasteiger partial charge in [0.05, 0.1) is 11.6 Å². The predicted octanol–water partition coefficient (Wildman–Crippen LogP) is 4.17. The second-order valence-electron chi connectivity index (χ2n) is 4.93. The Hall–Kier alpha value is -1.85. The van der Waals surface area contributed by atoms with Crippen molar-refractivity contribution in [2.24, 2.45) is 0 Å². The van der Waals surface area contributed by atoms with Gasteiger partial charge in [-0.15, -0.1) is 0 Å². The highest BCUT2D eigenvalue weighted by Crippen LogP contribution is 2.21. The molecule has 6 heteroatoms. The summed E-state index contributed by atoms with van der Waals surface area (Å²) in [6, 6.07) is 12.1. The summed E-state index contributed by atoms with van der Waals surface area (Å²) in [5, 5.41) is 3.48. The van der Waals surface area contributed by atoms with Crippen LogP contribution in [-0.4, -0.2) is 18.8 Å². The van der Waals surface area contributed by atoms with E-state index in [1.807, 2.05) is 19.1 Å². The Balaban J connectivity index is 1.92. The van der Waals surface area contributed by atoms with Crippen molar-refractivity contribution in [2.75, 3.05) is 6.61 Å². The van der Waals surface area contributed by atoms with Crippen molar-refractivity contribution in [1.82, 2.24) is 5.32 Å². The zero-order valence-corrected chi connectivity index (χ0v) is 14.7. The van der Waals surface area contributed by atoms with Gasteiger partial charge < -0.3 is 10.1 Å². The average molecular weight is 397 g/mol. The Morgan fingerprint density at radius 3 is 2.65 bits per heavy atom. The molecule has 1 N–H and O–H groups in total. The largest absolute Gasteiger partial charge is 0.483 e. The van der Waals surface area contributed by atoms with Crippen molar-refractivity contribution >= 4 is 39.7 Å². The van der Waals surface area contributed by atoms with Gasteiger partial charge in [-0.3, -0.25) is 9.59 Å². The number of halogens is 2. The number of nitrogens with one attached hydrogen (secondary N) is 1. The van der Waals surface area contributed by atoms with E-state index in [1.54, 1.807) is 30.3 Å². The summed E-state index contributed by atoms with van der Waals surface area (Å²) in [6.07, 6.45) is 0.689. The van der Waals surface area contributed by atoms with Crippen molar-refractivity contribution in [1.29, 1.82) is 0 Å². The molecular weight excluding hydrogens is 382 g/mol. The van der Waals surface area contributed by atoms with E-state index in [9.17, 15) is 9.59 Å². The van der Waals surface area contributed by atoms with Crippen LogP contribution in [0.1, 0.15) is 28.9 Å². The average Bonchev–Trinajstić information content (AvgIpc) is 2.54. The maximum absolute atomic E-state index is 12.0. The van der Waals surface area contributed by atoms with Crippen LogP contribution in [-0.2, 0) is 4.79 Å². The molecule has 0 unspecified atom stereocenters. The molecule has 120 valence electrons. The number of benzene rings is 2. The topological polar surface area (TPSA) is 55.4 Å². The number of hydrogen-bond acceptors (Lipinski definition) is 3. The molecule has 0 bridgehead atoms. The van der Waals surface area contributed by atoms with E-state index in [4.69, 9.17) is 16.3 Å². The van der Waals surface area contributed by atoms with E-state index in [1.165, 1.54) is 0 Å². The molecule has 2 aromatic carbocycles. The van der Waals surface area contributed by atoms with Crippen LogP contribution in [0.15, 0.2) is 46.9 Å². The molecule has 0 fully saturated rings. The third kappa shape index (κ3) is 5.08. The zero-order valence-electron chi connectivity index (χ0n) is 12.4. The highest BCUT2D eigenvalue weighted by molar-refractivity contribution is 9.10. The molecule has 0 radical (unpaired) electrons. The minimum absolute atomic E-state index is 0.166. The van der Waals surface area contributed by atoms with E-state index in [2.05, 4.69) is 21.2 Å². The highest BCUT2D eigenvalue weighted by Gasteiger charge is 2.11. The summed E-state index contributed by atoms with van der Waals surface area (Å²) >= 11 is 9.12. The van der Waals surface area contributed by atoms with Crippen molar-refractivity contribution in [3.63, 3.8) is 0 Å². The van der Waals surface area contributed by atoms with Gasteiger partial charge in [0.15, 0.2) is 12.9 Å². The minimum atomic E-state index is -0.271. The molecular formula is C17H15BrClNO3. The lowest BCUT2D eigenvalue weighted by molar-refractivity contribution is -0.123. The Bertz CT molecular complexity index is 703. The number of aldehydes is 1. The molecule has 0 aliphatic heterocycles. The molecule has 0 aromatic heterocycles. The lowest BCUT2D eigenvalue weighted by Crippen LogP contribution is -2.31. The fourth-order valence-electron chi connectivity index (χ4n) is 2.00. The van der Waals surface area contributed by atoms with E-state index in [0.29, 0.717) is 22.6 Å². The van der Waals surface area contributed by atoms with Gasteiger partial charge in [0.2, 0.25) is 0 Å². The molecule has 1 atom stereocenters. The fourth-order valence-corrected chi connectivity index (χ4v) is 2.51. The van der Waals surface area contributed by atoms with Crippen LogP contribution in [0, 0.1) is 0 Å². The van der Waals surface area contributed by atoms with Gasteiger partial charge in [0, 0.05) is 9.50 Å². The number of carbonyl (C=O) groups is 2. The molecule has 4 nitrogen and oxygen atoms in total. The molecule has 23 heavy (non-hydrogen) atoms. The highest BCUT2D eigenvalue weighted by atomic mass is 79.9. The summed E-state index contributed by atoms with van der Waals surface area (Å²) in [5.41, 5.74) is 1.33. The van der Waals surface area contributed by atoms with Crippen molar-refractivity contribution in [3.8, 4) is 5.75 Å². The molecule has 0 aliphatic carbocycles. The monoisotopic (exact) mass is 395 g/mol. The Morgan fingerprint density at radius 1 is 1.30 bits per heavy atom. The summed E-state index contributed by atoms with van der Waals surface area (Å²) in [6.45, 7) is 1.71. The molecule has 2 rings (SSSR count). The van der Waals surface area contributed by atoms with Crippen LogP contribution in [0.5, 0.6) is 5.75 Å². The first kappa shape index (κ1) is 17.5. The number of carbonyl (C=O) groups excluding carboxylic acids is 2. The summed E-state index contributed by atoms with van der Waals surface area (Å²) in [4.78, 5) is 23.0. The second-order valence-corrected chi connectivity index (χ2v) is 6.28. The maximum atomic E-state index is 12.0. The van der Waals surface area contributed by atoms with Gasteiger partial charge in [-0.25, -0.2) is 0 Å². The van der Waals surface area contributed by atoms with Crippen LogP contribution in [0.3, 0.4) is 0 Å². The quantitative estimate of drug-likeness (QED) is 0.746. The van der Waals surface area contributed by atoms with E-state index >= 15 is 0 Å². The van der Waals surface area contributed by atoms with Crippen LogP contribution in [0.4, 0.5) is 0 Å². The lowest BCUT2D eigenvalue weighted by Gasteiger charge is -2.15. The Morgan fingerprint density at radius 2 is 2.00 bits per heavy atom. The number of hydrogen-bond donors (Lipinski definition) is 1. The standard InChI is InChI=1S/C17H15BrClNO3/c1-11(12-2-5-15(19)6-3-12)20-17(22)10-23-16-7-4-14(18)8-13(16)9-21/h2-9,11H,10H2,1H3,(H,20,22)/t11-/m1/s1. The summed E-state index contributed by atoms with van der Waals surface area (Å²) in [5.74, 6) is 0.102. The molecule has 0 saturated heterocycles. The van der Waals surface area contributed by atoms with Crippen molar-refractivity contribution in [2.45, 2.75) is 13.0 Å². The first-order chi connectivity index (χ1) is 11.0. The zero-order chi connectivity index (χ0) is 16.8. The number of ether oxygens (including phenoxy) is 1. The Labute approximate surface area is 147 Å². The molecule has 2 aromatic rings. The second kappa shape index (κ2) is 8.13. The molecule has 1 amide bonds. The van der Waals surface area contributed by atoms with Gasteiger partial charge in [0.1, 0.15) is 5.75 Å². The third-order valence-electron chi connectivity index (χ3n) is 3.21. The van der Waals surface area contributed by atoms with E-state index in [0.717, 1.165) is 10.0 Å². The van der Waals surface area contributed by atoms with Crippen LogP contribution in [0.25, 0.3) is 0 Å².